The van der Waals surface area contributed by atoms with Gasteiger partial charge in [-0.2, -0.15) is 0 Å². The van der Waals surface area contributed by atoms with Crippen molar-refractivity contribution in [1.29, 1.82) is 0 Å². The molecule has 0 spiro atoms. The lowest BCUT2D eigenvalue weighted by atomic mass is 10.2. The van der Waals surface area contributed by atoms with Crippen LogP contribution in [0.15, 0.2) is 35.7 Å². The van der Waals surface area contributed by atoms with Crippen LogP contribution in [0.2, 0.25) is 0 Å². The van der Waals surface area contributed by atoms with E-state index in [0.717, 1.165) is 36.4 Å². The molecule has 1 saturated heterocycles. The van der Waals surface area contributed by atoms with Gasteiger partial charge in [0.25, 0.3) is 0 Å². The van der Waals surface area contributed by atoms with Gasteiger partial charge in [-0.05, 0) is 42.0 Å². The van der Waals surface area contributed by atoms with Gasteiger partial charge in [-0.15, -0.1) is 11.3 Å². The monoisotopic (exact) mass is 330 g/mol. The van der Waals surface area contributed by atoms with E-state index in [4.69, 9.17) is 9.47 Å². The third-order valence-corrected chi connectivity index (χ3v) is 5.24. The number of hydrogen-bond donors (Lipinski definition) is 1. The number of carbonyl (C=O) groups excluding carboxylic acids is 1. The first kappa shape index (κ1) is 14.4. The van der Waals surface area contributed by atoms with E-state index in [1.807, 2.05) is 29.2 Å². The molecule has 6 heteroatoms. The molecule has 2 amide bonds. The fraction of sp³-hybridized carbons (Fsp3) is 0.353. The number of carbonyl (C=O) groups is 1. The van der Waals surface area contributed by atoms with Gasteiger partial charge in [0.05, 0.1) is 6.04 Å². The van der Waals surface area contributed by atoms with Crippen molar-refractivity contribution in [3.63, 3.8) is 0 Å². The van der Waals surface area contributed by atoms with Gasteiger partial charge in [-0.3, -0.25) is 0 Å². The summed E-state index contributed by atoms with van der Waals surface area (Å²) in [6.07, 6.45) is 2.10. The van der Waals surface area contributed by atoms with E-state index in [2.05, 4.69) is 16.8 Å². The maximum atomic E-state index is 12.5. The summed E-state index contributed by atoms with van der Waals surface area (Å²) in [5.41, 5.74) is 1.01. The van der Waals surface area contributed by atoms with E-state index < -0.39 is 0 Å². The molecule has 1 fully saturated rings. The summed E-state index contributed by atoms with van der Waals surface area (Å²) < 4.78 is 10.7. The second kappa shape index (κ2) is 6.12. The second-order valence-electron chi connectivity index (χ2n) is 5.71. The van der Waals surface area contributed by atoms with Gasteiger partial charge in [-0.1, -0.05) is 12.1 Å². The Morgan fingerprint density at radius 1 is 1.30 bits per heavy atom. The molecule has 2 aliphatic heterocycles. The van der Waals surface area contributed by atoms with E-state index in [1.165, 1.54) is 4.88 Å². The average molecular weight is 330 g/mol. The van der Waals surface area contributed by atoms with Crippen LogP contribution in [0.1, 0.15) is 29.3 Å². The SMILES string of the molecule is O=C(NCc1ccc2c(c1)OCO2)N1CCC[C@@H]1c1cccs1. The Morgan fingerprint density at radius 2 is 2.22 bits per heavy atom. The Balaban J connectivity index is 1.40. The van der Waals surface area contributed by atoms with Crippen LogP contribution in [0, 0.1) is 0 Å². The van der Waals surface area contributed by atoms with Gasteiger partial charge in [-0.25, -0.2) is 4.79 Å². The topological polar surface area (TPSA) is 50.8 Å². The Hall–Kier alpha value is -2.21. The smallest absolute Gasteiger partial charge is 0.318 e. The lowest BCUT2D eigenvalue weighted by Crippen LogP contribution is -2.38. The molecule has 1 aromatic carbocycles. The van der Waals surface area contributed by atoms with Gasteiger partial charge in [0, 0.05) is 18.0 Å². The molecule has 0 bridgehead atoms. The van der Waals surface area contributed by atoms with Crippen molar-refractivity contribution in [2.45, 2.75) is 25.4 Å². The molecule has 4 rings (SSSR count). The zero-order valence-corrected chi connectivity index (χ0v) is 13.5. The average Bonchev–Trinajstić information content (AvgIpc) is 3.32. The van der Waals surface area contributed by atoms with Crippen LogP contribution in [0.4, 0.5) is 4.79 Å². The Bertz CT molecular complexity index is 702. The molecule has 5 nitrogen and oxygen atoms in total. The fourth-order valence-corrected chi connectivity index (χ4v) is 3.99. The first-order chi connectivity index (χ1) is 11.3. The highest BCUT2D eigenvalue weighted by Crippen LogP contribution is 2.35. The zero-order valence-electron chi connectivity index (χ0n) is 12.7. The van der Waals surface area contributed by atoms with Gasteiger partial charge >= 0.3 is 6.03 Å². The highest BCUT2D eigenvalue weighted by atomic mass is 32.1. The fourth-order valence-electron chi connectivity index (χ4n) is 3.12. The van der Waals surface area contributed by atoms with Crippen molar-refractivity contribution >= 4 is 17.4 Å². The maximum absolute atomic E-state index is 12.5. The van der Waals surface area contributed by atoms with Crippen molar-refractivity contribution < 1.29 is 14.3 Å². The first-order valence-electron chi connectivity index (χ1n) is 7.77. The van der Waals surface area contributed by atoms with Crippen LogP contribution in [0.5, 0.6) is 11.5 Å². The molecule has 3 heterocycles. The van der Waals surface area contributed by atoms with Gasteiger partial charge < -0.3 is 19.7 Å². The number of amides is 2. The standard InChI is InChI=1S/C17H18N2O3S/c20-17(19-7-1-3-13(19)16-4-2-8-23-16)18-10-12-5-6-14-15(9-12)22-11-21-14/h2,4-6,8-9,13H,1,3,7,10-11H2,(H,18,20)/t13-/m1/s1. The molecule has 1 N–H and O–H groups in total. The summed E-state index contributed by atoms with van der Waals surface area (Å²) in [6, 6.07) is 10.1. The number of hydrogen-bond acceptors (Lipinski definition) is 4. The third kappa shape index (κ3) is 2.86. The van der Waals surface area contributed by atoms with Crippen LogP contribution in [-0.4, -0.2) is 24.3 Å². The molecule has 2 aromatic rings. The summed E-state index contributed by atoms with van der Waals surface area (Å²) in [6.45, 7) is 1.57. The predicted octanol–water partition coefficient (Wildman–Crippen LogP) is 3.52. The highest BCUT2D eigenvalue weighted by molar-refractivity contribution is 7.10. The van der Waals surface area contributed by atoms with Crippen LogP contribution in [0.25, 0.3) is 0 Å². The van der Waals surface area contributed by atoms with Gasteiger partial charge in [0.15, 0.2) is 11.5 Å². The molecule has 2 aliphatic rings. The maximum Gasteiger partial charge on any atom is 0.318 e. The molecular weight excluding hydrogens is 312 g/mol. The first-order valence-corrected chi connectivity index (χ1v) is 8.65. The molecule has 0 radical (unpaired) electrons. The summed E-state index contributed by atoms with van der Waals surface area (Å²) in [7, 11) is 0. The third-order valence-electron chi connectivity index (χ3n) is 4.27. The van der Waals surface area contributed by atoms with Crippen LogP contribution in [-0.2, 0) is 6.54 Å². The van der Waals surface area contributed by atoms with Crippen molar-refractivity contribution in [2.24, 2.45) is 0 Å². The van der Waals surface area contributed by atoms with E-state index in [0.29, 0.717) is 6.54 Å². The number of likely N-dealkylation sites (tertiary alicyclic amines) is 1. The lowest BCUT2D eigenvalue weighted by Gasteiger charge is -2.24. The number of ether oxygens (including phenoxy) is 2. The molecule has 0 unspecified atom stereocenters. The van der Waals surface area contributed by atoms with E-state index in [-0.39, 0.29) is 18.9 Å². The number of thiophene rings is 1. The van der Waals surface area contributed by atoms with Crippen molar-refractivity contribution in [2.75, 3.05) is 13.3 Å². The van der Waals surface area contributed by atoms with Crippen molar-refractivity contribution in [3.8, 4) is 11.5 Å². The molecular formula is C17H18N2O3S. The minimum absolute atomic E-state index is 0.00133. The normalized spacial score (nSPS) is 19.1. The van der Waals surface area contributed by atoms with Crippen molar-refractivity contribution in [1.82, 2.24) is 10.2 Å². The predicted molar refractivity (Wildman–Crippen MR) is 87.8 cm³/mol. The van der Waals surface area contributed by atoms with Gasteiger partial charge in [0.1, 0.15) is 0 Å². The number of rotatable bonds is 3. The second-order valence-corrected chi connectivity index (χ2v) is 6.69. The van der Waals surface area contributed by atoms with Crippen LogP contribution >= 0.6 is 11.3 Å². The molecule has 1 aromatic heterocycles. The molecule has 23 heavy (non-hydrogen) atoms. The highest BCUT2D eigenvalue weighted by Gasteiger charge is 2.30. The van der Waals surface area contributed by atoms with Crippen molar-refractivity contribution in [3.05, 3.63) is 46.2 Å². The van der Waals surface area contributed by atoms with E-state index in [9.17, 15) is 4.79 Å². The molecule has 1 atom stereocenters. The number of benzene rings is 1. The lowest BCUT2D eigenvalue weighted by molar-refractivity contribution is 0.174. The summed E-state index contributed by atoms with van der Waals surface area (Å²) in [4.78, 5) is 15.7. The number of fused-ring (bicyclic) bond motifs is 1. The molecule has 0 aliphatic carbocycles. The number of nitrogens with one attached hydrogen (secondary N) is 1. The quantitative estimate of drug-likeness (QED) is 0.937. The molecule has 0 saturated carbocycles. The Labute approximate surface area is 138 Å². The number of urea groups is 1. The summed E-state index contributed by atoms with van der Waals surface area (Å²) >= 11 is 1.72. The zero-order chi connectivity index (χ0) is 15.6. The van der Waals surface area contributed by atoms with E-state index >= 15 is 0 Å². The summed E-state index contributed by atoms with van der Waals surface area (Å²) in [5.74, 6) is 1.51. The summed E-state index contributed by atoms with van der Waals surface area (Å²) in [5, 5.41) is 5.09. The molecule has 120 valence electrons. The minimum atomic E-state index is -0.00133. The Kier molecular flexibility index (Phi) is 3.83. The Morgan fingerprint density at radius 3 is 3.09 bits per heavy atom. The number of nitrogens with zero attached hydrogens (tertiary/aromatic N) is 1. The minimum Gasteiger partial charge on any atom is -0.454 e. The van der Waals surface area contributed by atoms with E-state index in [1.54, 1.807) is 11.3 Å². The van der Waals surface area contributed by atoms with Crippen LogP contribution < -0.4 is 14.8 Å². The van der Waals surface area contributed by atoms with Gasteiger partial charge in [0.2, 0.25) is 6.79 Å². The largest absolute Gasteiger partial charge is 0.454 e. The van der Waals surface area contributed by atoms with Crippen LogP contribution in [0.3, 0.4) is 0 Å².